The second-order valence-corrected chi connectivity index (χ2v) is 12.6. The largest absolute Gasteiger partial charge is 0.465 e. The number of carbonyl (C=O) groups excluding carboxylic acids is 3. The Morgan fingerprint density at radius 2 is 1.97 bits per heavy atom. The molecule has 3 unspecified atom stereocenters. The molecule has 2 amide bonds. The number of fused-ring (bicyclic) bond motifs is 1. The maximum absolute atomic E-state index is 14.3. The number of aliphatic hydroxyl groups excluding tert-OH is 1. The molecule has 3 saturated heterocycles. The first kappa shape index (κ1) is 27.8. The molecule has 8 heteroatoms. The van der Waals surface area contributed by atoms with Crippen LogP contribution in [0.15, 0.2) is 25.3 Å². The Hall–Kier alpha value is -1.80. The van der Waals surface area contributed by atoms with Gasteiger partial charge in [-0.1, -0.05) is 19.1 Å². The van der Waals surface area contributed by atoms with Crippen molar-refractivity contribution in [2.24, 2.45) is 17.8 Å². The lowest BCUT2D eigenvalue weighted by Gasteiger charge is -2.44. The van der Waals surface area contributed by atoms with E-state index in [2.05, 4.69) is 20.1 Å². The van der Waals surface area contributed by atoms with Gasteiger partial charge in [-0.3, -0.25) is 14.4 Å². The minimum Gasteiger partial charge on any atom is -0.465 e. The summed E-state index contributed by atoms with van der Waals surface area (Å²) in [7, 11) is 0. The molecule has 0 aliphatic carbocycles. The second kappa shape index (κ2) is 11.1. The van der Waals surface area contributed by atoms with Crippen molar-refractivity contribution in [3.63, 3.8) is 0 Å². The molecule has 0 radical (unpaired) electrons. The number of hydrogen-bond acceptors (Lipinski definition) is 6. The van der Waals surface area contributed by atoms with Crippen LogP contribution in [-0.2, 0) is 19.1 Å². The van der Waals surface area contributed by atoms with Crippen molar-refractivity contribution in [1.29, 1.82) is 0 Å². The minimum absolute atomic E-state index is 0.0236. The molecule has 3 aliphatic rings. The van der Waals surface area contributed by atoms with Crippen molar-refractivity contribution in [3.8, 4) is 0 Å². The number of ether oxygens (including phenoxy) is 1. The van der Waals surface area contributed by atoms with Crippen LogP contribution in [0.2, 0.25) is 0 Å². The summed E-state index contributed by atoms with van der Waals surface area (Å²) in [5, 5.41) is 9.17. The van der Waals surface area contributed by atoms with Crippen LogP contribution in [0.4, 0.5) is 0 Å². The molecule has 6 atom stereocenters. The van der Waals surface area contributed by atoms with Crippen molar-refractivity contribution in [3.05, 3.63) is 25.3 Å². The van der Waals surface area contributed by atoms with Gasteiger partial charge >= 0.3 is 5.97 Å². The van der Waals surface area contributed by atoms with E-state index >= 15 is 0 Å². The van der Waals surface area contributed by atoms with Gasteiger partial charge in [0.05, 0.1) is 23.2 Å². The van der Waals surface area contributed by atoms with Gasteiger partial charge in [0.15, 0.2) is 0 Å². The number of thioether (sulfide) groups is 1. The number of carbonyl (C=O) groups is 3. The second-order valence-electron chi connectivity index (χ2n) is 11.0. The van der Waals surface area contributed by atoms with Crippen LogP contribution in [0, 0.1) is 17.8 Å². The van der Waals surface area contributed by atoms with Crippen LogP contribution in [0.3, 0.4) is 0 Å². The Labute approximate surface area is 214 Å². The Kier molecular flexibility index (Phi) is 8.79. The van der Waals surface area contributed by atoms with Gasteiger partial charge in [0.1, 0.15) is 6.04 Å². The summed E-state index contributed by atoms with van der Waals surface area (Å²) in [6.45, 7) is 16.8. The van der Waals surface area contributed by atoms with Gasteiger partial charge < -0.3 is 19.6 Å². The number of nitrogens with zero attached hydrogens (tertiary/aromatic N) is 2. The number of unbranched alkanes of at least 4 members (excludes halogenated alkanes) is 2. The molecule has 0 aromatic carbocycles. The van der Waals surface area contributed by atoms with Gasteiger partial charge in [-0.2, -0.15) is 0 Å². The predicted octanol–water partition coefficient (Wildman–Crippen LogP) is 3.42. The SMILES string of the molecule is C=CCCOC(=O)[C@@H]1[C@H]2C(=O)N(CCCCCO)C(C(=O)N(CC=C)C(C)(C)C)C23S[C@@H]1CC3C. The first-order valence-electron chi connectivity index (χ1n) is 12.8. The maximum atomic E-state index is 14.3. The minimum atomic E-state index is -0.650. The highest BCUT2D eigenvalue weighted by Gasteiger charge is 2.76. The quantitative estimate of drug-likeness (QED) is 0.248. The van der Waals surface area contributed by atoms with Crippen LogP contribution in [0.25, 0.3) is 0 Å². The lowest BCUT2D eigenvalue weighted by molar-refractivity contribution is -0.154. The lowest BCUT2D eigenvalue weighted by atomic mass is 9.66. The molecule has 1 N–H and O–H groups in total. The van der Waals surface area contributed by atoms with Gasteiger partial charge in [0.25, 0.3) is 0 Å². The van der Waals surface area contributed by atoms with Gasteiger partial charge in [-0.05, 0) is 58.8 Å². The van der Waals surface area contributed by atoms with E-state index in [1.807, 2.05) is 25.7 Å². The fourth-order valence-corrected chi connectivity index (χ4v) is 8.59. The summed E-state index contributed by atoms with van der Waals surface area (Å²) in [4.78, 5) is 45.1. The van der Waals surface area contributed by atoms with Crippen molar-refractivity contribution in [2.75, 3.05) is 26.3 Å². The number of aliphatic hydroxyl groups is 1. The summed E-state index contributed by atoms with van der Waals surface area (Å²) in [5.41, 5.74) is -0.445. The van der Waals surface area contributed by atoms with Gasteiger partial charge in [0.2, 0.25) is 11.8 Å². The summed E-state index contributed by atoms with van der Waals surface area (Å²) in [5.74, 6) is -1.49. The van der Waals surface area contributed by atoms with Crippen molar-refractivity contribution in [1.82, 2.24) is 9.80 Å². The molecule has 7 nitrogen and oxygen atoms in total. The highest BCUT2D eigenvalue weighted by atomic mass is 32.2. The van der Waals surface area contributed by atoms with Gasteiger partial charge in [0, 0.05) is 30.5 Å². The fraction of sp³-hybridized carbons (Fsp3) is 0.741. The van der Waals surface area contributed by atoms with E-state index < -0.39 is 28.2 Å². The van der Waals surface area contributed by atoms with Crippen LogP contribution in [0.5, 0.6) is 0 Å². The van der Waals surface area contributed by atoms with E-state index in [-0.39, 0.29) is 42.2 Å². The zero-order valence-corrected chi connectivity index (χ0v) is 22.5. The molecule has 0 saturated carbocycles. The third-order valence-electron chi connectivity index (χ3n) is 7.76. The normalized spacial score (nSPS) is 31.4. The predicted molar refractivity (Wildman–Crippen MR) is 139 cm³/mol. The molecular formula is C27H42N2O5S. The van der Waals surface area contributed by atoms with E-state index in [1.165, 1.54) is 0 Å². The van der Waals surface area contributed by atoms with Crippen molar-refractivity contribution >= 4 is 29.5 Å². The van der Waals surface area contributed by atoms with Gasteiger partial charge in [-0.25, -0.2) is 0 Å². The van der Waals surface area contributed by atoms with E-state index in [0.29, 0.717) is 32.4 Å². The van der Waals surface area contributed by atoms with E-state index in [1.54, 1.807) is 28.8 Å². The van der Waals surface area contributed by atoms with E-state index in [9.17, 15) is 19.5 Å². The molecule has 0 aromatic heterocycles. The molecule has 0 aromatic rings. The standard InChI is InChI=1S/C27H42N2O5S/c1-7-9-16-34-25(33)20-19-17-18(3)27(35-19)21(20)23(31)28(14-11-10-12-15-30)22(27)24(32)29(13-8-2)26(4,5)6/h7-8,18-22,30H,1-2,9-17H2,3-6H3/t18?,19-,20+,21+,22?,27?/m1/s1. The molecule has 2 bridgehead atoms. The van der Waals surface area contributed by atoms with E-state index in [0.717, 1.165) is 12.8 Å². The third-order valence-corrected chi connectivity index (χ3v) is 9.84. The number of amides is 2. The van der Waals surface area contributed by atoms with Crippen molar-refractivity contribution < 1.29 is 24.2 Å². The van der Waals surface area contributed by atoms with Crippen LogP contribution >= 0.6 is 11.8 Å². The Morgan fingerprint density at radius 1 is 1.26 bits per heavy atom. The lowest BCUT2D eigenvalue weighted by Crippen LogP contribution is -2.60. The molecule has 3 aliphatic heterocycles. The summed E-state index contributed by atoms with van der Waals surface area (Å²) in [6, 6.07) is -0.635. The molecule has 196 valence electrons. The highest BCUT2D eigenvalue weighted by molar-refractivity contribution is 8.02. The third kappa shape index (κ3) is 4.93. The molecule has 3 fully saturated rings. The summed E-state index contributed by atoms with van der Waals surface area (Å²) in [6.07, 6.45) is 6.91. The van der Waals surface area contributed by atoms with E-state index in [4.69, 9.17) is 4.74 Å². The molecular weight excluding hydrogens is 464 g/mol. The Balaban J connectivity index is 2.01. The molecule has 3 heterocycles. The van der Waals surface area contributed by atoms with Gasteiger partial charge in [-0.15, -0.1) is 24.9 Å². The Morgan fingerprint density at radius 3 is 2.57 bits per heavy atom. The number of rotatable bonds is 12. The average molecular weight is 507 g/mol. The Bertz CT molecular complexity index is 840. The average Bonchev–Trinajstić information content (AvgIpc) is 3.38. The monoisotopic (exact) mass is 506 g/mol. The van der Waals surface area contributed by atoms with Crippen molar-refractivity contribution in [2.45, 2.75) is 81.4 Å². The number of likely N-dealkylation sites (tertiary alicyclic amines) is 1. The van der Waals surface area contributed by atoms with Crippen LogP contribution in [-0.4, -0.2) is 80.6 Å². The number of esters is 1. The topological polar surface area (TPSA) is 87.1 Å². The van der Waals surface area contributed by atoms with Crippen LogP contribution < -0.4 is 0 Å². The summed E-state index contributed by atoms with van der Waals surface area (Å²) >= 11 is 1.67. The molecule has 35 heavy (non-hydrogen) atoms. The summed E-state index contributed by atoms with van der Waals surface area (Å²) < 4.78 is 4.91. The fourth-order valence-electron chi connectivity index (χ4n) is 6.19. The first-order chi connectivity index (χ1) is 16.6. The number of hydrogen-bond donors (Lipinski definition) is 1. The first-order valence-corrected chi connectivity index (χ1v) is 13.7. The molecule has 3 rings (SSSR count). The maximum Gasteiger partial charge on any atom is 0.310 e. The smallest absolute Gasteiger partial charge is 0.310 e. The zero-order chi connectivity index (χ0) is 26.0. The zero-order valence-electron chi connectivity index (χ0n) is 21.7. The molecule has 1 spiro atoms. The van der Waals surface area contributed by atoms with Crippen LogP contribution in [0.1, 0.15) is 59.8 Å². The highest BCUT2D eigenvalue weighted by Crippen LogP contribution is 2.68.